The van der Waals surface area contributed by atoms with E-state index >= 15 is 0 Å². The summed E-state index contributed by atoms with van der Waals surface area (Å²) < 4.78 is 3.61. The van der Waals surface area contributed by atoms with Crippen LogP contribution in [0.5, 0.6) is 0 Å². The summed E-state index contributed by atoms with van der Waals surface area (Å²) >= 11 is 1.95. The Kier molecular flexibility index (Phi) is 8.10. The third-order valence-electron chi connectivity index (χ3n) is 10.6. The van der Waals surface area contributed by atoms with Crippen molar-refractivity contribution in [1.82, 2.24) is 4.57 Å². The molecule has 2 N–H and O–H groups in total. The van der Waals surface area contributed by atoms with Crippen LogP contribution in [0.25, 0.3) is 61.2 Å². The average molecular weight is 678 g/mol. The summed E-state index contributed by atoms with van der Waals surface area (Å²) in [5.74, 6) is 0.983. The molecule has 3 nitrogen and oxygen atoms in total. The van der Waals surface area contributed by atoms with Gasteiger partial charge in [-0.15, -0.1) is 11.3 Å². The Bertz CT molecular complexity index is 2640. The van der Waals surface area contributed by atoms with Crippen molar-refractivity contribution in [2.24, 2.45) is 16.6 Å². The van der Waals surface area contributed by atoms with Crippen molar-refractivity contribution in [3.8, 4) is 11.1 Å². The molecule has 0 saturated carbocycles. The monoisotopic (exact) mass is 677 g/mol. The van der Waals surface area contributed by atoms with Crippen molar-refractivity contribution < 1.29 is 0 Å². The van der Waals surface area contributed by atoms with Gasteiger partial charge in [0.15, 0.2) is 0 Å². The summed E-state index contributed by atoms with van der Waals surface area (Å²) in [5, 5.41) is 5.09. The Morgan fingerprint density at radius 2 is 1.59 bits per heavy atom. The second-order valence-corrected chi connectivity index (χ2v) is 14.7. The minimum atomic E-state index is 0.303. The summed E-state index contributed by atoms with van der Waals surface area (Å²) in [7, 11) is 0. The molecule has 0 fully saturated rings. The SMILES string of the molecule is C=C(N=C/C=C(\N)C1=CC=C(c2cccc(-c3ccccc3)c2)CC1)n1c2c(c3ccccc31)=CCC(C1=CCCc3c1sc1ccccc31)C=2. The third-order valence-corrected chi connectivity index (χ3v) is 11.9. The fourth-order valence-corrected chi connectivity index (χ4v) is 9.40. The number of nitrogens with zero attached hydrogens (tertiary/aromatic N) is 2. The van der Waals surface area contributed by atoms with Gasteiger partial charge < -0.3 is 5.73 Å². The van der Waals surface area contributed by atoms with Crippen molar-refractivity contribution in [2.75, 3.05) is 0 Å². The van der Waals surface area contributed by atoms with Gasteiger partial charge in [0.05, 0.1) is 10.9 Å². The van der Waals surface area contributed by atoms with E-state index in [-0.39, 0.29) is 0 Å². The van der Waals surface area contributed by atoms with Gasteiger partial charge in [0.25, 0.3) is 0 Å². The van der Waals surface area contributed by atoms with Gasteiger partial charge in [0, 0.05) is 38.0 Å². The maximum atomic E-state index is 6.63. The molecule has 3 aliphatic rings. The Morgan fingerprint density at radius 3 is 2.45 bits per heavy atom. The molecule has 51 heavy (non-hydrogen) atoms. The van der Waals surface area contributed by atoms with Crippen LogP contribution >= 0.6 is 11.3 Å². The zero-order valence-corrected chi connectivity index (χ0v) is 29.4. The van der Waals surface area contributed by atoms with Crippen LogP contribution in [0, 0.1) is 5.92 Å². The number of rotatable bonds is 7. The molecule has 2 aromatic heterocycles. The van der Waals surface area contributed by atoms with Crippen molar-refractivity contribution in [3.05, 3.63) is 172 Å². The zero-order valence-electron chi connectivity index (χ0n) is 28.6. The van der Waals surface area contributed by atoms with Crippen LogP contribution in [0.2, 0.25) is 0 Å². The first-order valence-electron chi connectivity index (χ1n) is 17.9. The van der Waals surface area contributed by atoms with Crippen LogP contribution in [0.4, 0.5) is 0 Å². The van der Waals surface area contributed by atoms with E-state index in [1.807, 2.05) is 17.4 Å². The molecule has 1 unspecified atom stereocenters. The predicted molar refractivity (Wildman–Crippen MR) is 220 cm³/mol. The molecule has 6 aromatic rings. The predicted octanol–water partition coefficient (Wildman–Crippen LogP) is 10.3. The van der Waals surface area contributed by atoms with E-state index in [9.17, 15) is 0 Å². The largest absolute Gasteiger partial charge is 0.398 e. The average Bonchev–Trinajstić information content (AvgIpc) is 3.74. The molecule has 4 heteroatoms. The summed E-state index contributed by atoms with van der Waals surface area (Å²) in [4.78, 5) is 6.32. The van der Waals surface area contributed by atoms with E-state index in [4.69, 9.17) is 10.7 Å². The van der Waals surface area contributed by atoms with Crippen LogP contribution in [0.1, 0.15) is 41.7 Å². The van der Waals surface area contributed by atoms with Gasteiger partial charge in [-0.2, -0.15) is 0 Å². The molecule has 9 rings (SSSR count). The van der Waals surface area contributed by atoms with E-state index in [0.29, 0.717) is 11.7 Å². The number of hydrogen-bond acceptors (Lipinski definition) is 3. The molecular formula is C47H39N3S. The maximum Gasteiger partial charge on any atom is 0.130 e. The Balaban J connectivity index is 0.990. The molecule has 0 radical (unpaired) electrons. The van der Waals surface area contributed by atoms with Gasteiger partial charge in [-0.25, -0.2) is 4.99 Å². The molecular weight excluding hydrogens is 639 g/mol. The highest BCUT2D eigenvalue weighted by molar-refractivity contribution is 7.20. The second-order valence-electron chi connectivity index (χ2n) is 13.6. The number of aliphatic imine (C=N–C) groups is 1. The number of fused-ring (bicyclic) bond motifs is 6. The number of benzene rings is 4. The first kappa shape index (κ1) is 31.3. The highest BCUT2D eigenvalue weighted by Crippen LogP contribution is 2.43. The first-order valence-corrected chi connectivity index (χ1v) is 18.7. The van der Waals surface area contributed by atoms with Gasteiger partial charge in [0.2, 0.25) is 0 Å². The summed E-state index contributed by atoms with van der Waals surface area (Å²) in [5.41, 5.74) is 17.7. The lowest BCUT2D eigenvalue weighted by Gasteiger charge is -2.22. The fourth-order valence-electron chi connectivity index (χ4n) is 8.04. The highest BCUT2D eigenvalue weighted by atomic mass is 32.1. The minimum absolute atomic E-state index is 0.303. The molecule has 0 bridgehead atoms. The van der Waals surface area contributed by atoms with Gasteiger partial charge in [-0.1, -0.05) is 122 Å². The number of aryl methyl sites for hydroxylation is 1. The normalized spacial score (nSPS) is 17.3. The van der Waals surface area contributed by atoms with E-state index in [1.165, 1.54) is 64.3 Å². The summed E-state index contributed by atoms with van der Waals surface area (Å²) in [6.07, 6.45) is 20.5. The molecule has 0 amide bonds. The van der Waals surface area contributed by atoms with E-state index in [1.54, 1.807) is 6.21 Å². The molecule has 2 heterocycles. The minimum Gasteiger partial charge on any atom is -0.398 e. The van der Waals surface area contributed by atoms with Crippen molar-refractivity contribution in [1.29, 1.82) is 0 Å². The Morgan fingerprint density at radius 1 is 0.804 bits per heavy atom. The molecule has 0 saturated heterocycles. The first-order chi connectivity index (χ1) is 25.1. The van der Waals surface area contributed by atoms with Crippen LogP contribution in [0.15, 0.2) is 150 Å². The number of para-hydroxylation sites is 1. The van der Waals surface area contributed by atoms with Gasteiger partial charge >= 0.3 is 0 Å². The van der Waals surface area contributed by atoms with Gasteiger partial charge in [-0.3, -0.25) is 4.57 Å². The molecule has 3 aliphatic carbocycles. The van der Waals surface area contributed by atoms with Crippen LogP contribution in [-0.4, -0.2) is 10.8 Å². The summed E-state index contributed by atoms with van der Waals surface area (Å²) in [6, 6.07) is 36.8. The van der Waals surface area contributed by atoms with E-state index in [0.717, 1.165) is 48.9 Å². The quantitative estimate of drug-likeness (QED) is 0.168. The molecule has 0 spiro atoms. The number of allylic oxidation sites excluding steroid dienone is 7. The fraction of sp³-hybridized carbons (Fsp3) is 0.128. The topological polar surface area (TPSA) is 43.3 Å². The van der Waals surface area contributed by atoms with Crippen LogP contribution < -0.4 is 16.3 Å². The van der Waals surface area contributed by atoms with E-state index < -0.39 is 0 Å². The second kappa shape index (κ2) is 13.2. The highest BCUT2D eigenvalue weighted by Gasteiger charge is 2.25. The van der Waals surface area contributed by atoms with Crippen molar-refractivity contribution in [3.63, 3.8) is 0 Å². The smallest absolute Gasteiger partial charge is 0.130 e. The Hall–Kier alpha value is -5.71. The molecule has 1 atom stereocenters. The number of aromatic nitrogens is 1. The number of thiophene rings is 1. The summed E-state index contributed by atoms with van der Waals surface area (Å²) in [6.45, 7) is 4.46. The number of hydrogen-bond donors (Lipinski definition) is 1. The molecule has 0 aliphatic heterocycles. The van der Waals surface area contributed by atoms with Gasteiger partial charge in [-0.05, 0) is 101 Å². The molecule has 248 valence electrons. The number of nitrogens with two attached hydrogens (primary N) is 1. The van der Waals surface area contributed by atoms with Crippen molar-refractivity contribution >= 4 is 67.7 Å². The zero-order chi connectivity index (χ0) is 34.3. The lowest BCUT2D eigenvalue weighted by atomic mass is 9.84. The standard InChI is InChI=1S/C47H39N3S/c1-31(49-28-27-43(48)34-23-21-33(22-24-34)36-14-9-13-35(29-36)32-11-3-2-4-12-32)50-44-19-7-5-15-39(44)40-26-25-37(30-45(40)50)38-17-10-18-42-41-16-6-8-20-46(41)51-47(38)42/h2-9,11-17,19-21,23,26-30,37H,1,10,18,22,24-25,48H2/b43-27-,49-28?. The maximum absolute atomic E-state index is 6.63. The van der Waals surface area contributed by atoms with Gasteiger partial charge in [0.1, 0.15) is 5.82 Å². The lowest BCUT2D eigenvalue weighted by molar-refractivity contribution is 0.875. The Labute approximate surface area is 302 Å². The van der Waals surface area contributed by atoms with Crippen molar-refractivity contribution in [2.45, 2.75) is 32.1 Å². The van der Waals surface area contributed by atoms with E-state index in [2.05, 4.69) is 145 Å². The van der Waals surface area contributed by atoms with Crippen LogP contribution in [-0.2, 0) is 6.42 Å². The molecule has 4 aromatic carbocycles. The lowest BCUT2D eigenvalue weighted by Crippen LogP contribution is -2.32. The van der Waals surface area contributed by atoms with Crippen LogP contribution in [0.3, 0.4) is 0 Å². The third kappa shape index (κ3) is 5.76.